The van der Waals surface area contributed by atoms with Crippen LogP contribution in [0.4, 0.5) is 17.3 Å². The Morgan fingerprint density at radius 1 is 1.14 bits per heavy atom. The summed E-state index contributed by atoms with van der Waals surface area (Å²) in [5.41, 5.74) is 8.56. The maximum atomic E-state index is 4.94. The highest BCUT2D eigenvalue weighted by Gasteiger charge is 2.26. The Morgan fingerprint density at radius 2 is 1.86 bits per heavy atom. The van der Waals surface area contributed by atoms with Crippen LogP contribution in [0.15, 0.2) is 30.3 Å². The number of hydrogen-bond donors (Lipinski definition) is 1. The summed E-state index contributed by atoms with van der Waals surface area (Å²) in [5.74, 6) is 1.77. The molecule has 0 atom stereocenters. The number of imidazole rings is 1. The van der Waals surface area contributed by atoms with Crippen LogP contribution in [0.1, 0.15) is 42.9 Å². The maximum Gasteiger partial charge on any atom is 0.208 e. The zero-order valence-corrected chi connectivity index (χ0v) is 17.8. The maximum absolute atomic E-state index is 4.94. The van der Waals surface area contributed by atoms with Crippen LogP contribution in [-0.2, 0) is 7.05 Å². The smallest absolute Gasteiger partial charge is 0.208 e. The molecule has 0 amide bonds. The number of fused-ring (bicyclic) bond motifs is 1. The Bertz CT molecular complexity index is 974. The van der Waals surface area contributed by atoms with Gasteiger partial charge in [-0.3, -0.25) is 0 Å². The summed E-state index contributed by atoms with van der Waals surface area (Å²) in [6, 6.07) is 11.0. The Kier molecular flexibility index (Phi) is 5.05. The Balaban J connectivity index is 1.75. The van der Waals surface area contributed by atoms with E-state index in [1.54, 1.807) is 0 Å². The molecule has 1 aliphatic carbocycles. The first kappa shape index (κ1) is 18.9. The van der Waals surface area contributed by atoms with E-state index < -0.39 is 0 Å². The SMILES string of the molecule is CCCN(CC1CC1)c1cccc2nc(Nc3c(C)cc(C)cc3C)n(C)c12. The van der Waals surface area contributed by atoms with E-state index in [4.69, 9.17) is 4.98 Å². The van der Waals surface area contributed by atoms with Crippen molar-refractivity contribution in [2.24, 2.45) is 13.0 Å². The predicted molar refractivity (Wildman–Crippen MR) is 120 cm³/mol. The van der Waals surface area contributed by atoms with Crippen LogP contribution in [0, 0.1) is 26.7 Å². The molecule has 28 heavy (non-hydrogen) atoms. The van der Waals surface area contributed by atoms with Crippen LogP contribution in [0.2, 0.25) is 0 Å². The summed E-state index contributed by atoms with van der Waals surface area (Å²) in [6.45, 7) is 11.0. The molecule has 0 spiro atoms. The first-order valence-electron chi connectivity index (χ1n) is 10.5. The summed E-state index contributed by atoms with van der Waals surface area (Å²) in [6.07, 6.45) is 3.91. The number of hydrogen-bond acceptors (Lipinski definition) is 3. The summed E-state index contributed by atoms with van der Waals surface area (Å²) < 4.78 is 2.22. The number of para-hydroxylation sites is 1. The van der Waals surface area contributed by atoms with E-state index in [9.17, 15) is 0 Å². The molecule has 3 aromatic rings. The van der Waals surface area contributed by atoms with Crippen LogP contribution < -0.4 is 10.2 Å². The minimum Gasteiger partial charge on any atom is -0.370 e. The normalized spacial score (nSPS) is 13.9. The summed E-state index contributed by atoms with van der Waals surface area (Å²) >= 11 is 0. The Hall–Kier alpha value is -2.49. The van der Waals surface area contributed by atoms with E-state index in [-0.39, 0.29) is 0 Å². The molecule has 4 nitrogen and oxygen atoms in total. The van der Waals surface area contributed by atoms with E-state index in [1.165, 1.54) is 40.7 Å². The Labute approximate surface area is 168 Å². The van der Waals surface area contributed by atoms with Crippen molar-refractivity contribution in [3.8, 4) is 0 Å². The minimum atomic E-state index is 0.866. The van der Waals surface area contributed by atoms with Gasteiger partial charge in [0, 0.05) is 25.8 Å². The monoisotopic (exact) mass is 376 g/mol. The van der Waals surface area contributed by atoms with Gasteiger partial charge in [0.1, 0.15) is 0 Å². The quantitative estimate of drug-likeness (QED) is 0.560. The largest absolute Gasteiger partial charge is 0.370 e. The van der Waals surface area contributed by atoms with Crippen LogP contribution in [0.25, 0.3) is 11.0 Å². The zero-order valence-electron chi connectivity index (χ0n) is 17.8. The standard InChI is InChI=1S/C24H32N4/c1-6-12-28(15-19-10-11-19)21-9-7-8-20-23(21)27(5)24(25-20)26-22-17(3)13-16(2)14-18(22)4/h7-9,13-14,19H,6,10-12,15H2,1-5H3,(H,25,26). The molecule has 0 radical (unpaired) electrons. The van der Waals surface area contributed by atoms with Crippen molar-refractivity contribution in [1.82, 2.24) is 9.55 Å². The molecule has 4 heteroatoms. The molecule has 1 aliphatic rings. The van der Waals surface area contributed by atoms with E-state index in [0.717, 1.165) is 42.6 Å². The fraction of sp³-hybridized carbons (Fsp3) is 0.458. The van der Waals surface area contributed by atoms with Gasteiger partial charge in [-0.15, -0.1) is 0 Å². The molecule has 1 aromatic heterocycles. The number of nitrogens with one attached hydrogen (secondary N) is 1. The molecule has 148 valence electrons. The van der Waals surface area contributed by atoms with Crippen molar-refractivity contribution in [3.63, 3.8) is 0 Å². The number of nitrogens with zero attached hydrogens (tertiary/aromatic N) is 3. The van der Waals surface area contributed by atoms with Gasteiger partial charge in [-0.2, -0.15) is 0 Å². The second-order valence-corrected chi connectivity index (χ2v) is 8.43. The van der Waals surface area contributed by atoms with Gasteiger partial charge in [0.15, 0.2) is 0 Å². The molecule has 1 N–H and O–H groups in total. The van der Waals surface area contributed by atoms with Gasteiger partial charge in [0.25, 0.3) is 0 Å². The third kappa shape index (κ3) is 3.60. The highest BCUT2D eigenvalue weighted by molar-refractivity contribution is 5.91. The molecule has 0 unspecified atom stereocenters. The lowest BCUT2D eigenvalue weighted by atomic mass is 10.1. The second kappa shape index (κ2) is 7.50. The lowest BCUT2D eigenvalue weighted by molar-refractivity contribution is 0.708. The first-order chi connectivity index (χ1) is 13.5. The number of anilines is 3. The number of aromatic nitrogens is 2. The van der Waals surface area contributed by atoms with Crippen LogP contribution in [0.3, 0.4) is 0 Å². The topological polar surface area (TPSA) is 33.1 Å². The summed E-state index contributed by atoms with van der Waals surface area (Å²) in [7, 11) is 2.13. The molecule has 0 saturated heterocycles. The number of aryl methyl sites for hydroxylation is 4. The second-order valence-electron chi connectivity index (χ2n) is 8.43. The predicted octanol–water partition coefficient (Wildman–Crippen LogP) is 5.87. The minimum absolute atomic E-state index is 0.866. The van der Waals surface area contributed by atoms with E-state index in [2.05, 4.69) is 79.9 Å². The summed E-state index contributed by atoms with van der Waals surface area (Å²) in [5, 5.41) is 3.61. The highest BCUT2D eigenvalue weighted by atomic mass is 15.2. The number of rotatable bonds is 7. The van der Waals surface area contributed by atoms with E-state index in [1.807, 2.05) is 0 Å². The van der Waals surface area contributed by atoms with Crippen molar-refractivity contribution >= 4 is 28.4 Å². The molecular formula is C24H32N4. The van der Waals surface area contributed by atoms with Crippen molar-refractivity contribution < 1.29 is 0 Å². The third-order valence-electron chi connectivity index (χ3n) is 5.80. The van der Waals surface area contributed by atoms with Gasteiger partial charge in [0.2, 0.25) is 5.95 Å². The van der Waals surface area contributed by atoms with Crippen LogP contribution in [0.5, 0.6) is 0 Å². The highest BCUT2D eigenvalue weighted by Crippen LogP contribution is 2.35. The van der Waals surface area contributed by atoms with Crippen molar-refractivity contribution in [1.29, 1.82) is 0 Å². The third-order valence-corrected chi connectivity index (χ3v) is 5.80. The fourth-order valence-electron chi connectivity index (χ4n) is 4.30. The molecular weight excluding hydrogens is 344 g/mol. The van der Waals surface area contributed by atoms with E-state index in [0.29, 0.717) is 0 Å². The molecule has 0 aliphatic heterocycles. The van der Waals surface area contributed by atoms with Gasteiger partial charge in [-0.1, -0.05) is 30.7 Å². The average molecular weight is 377 g/mol. The van der Waals surface area contributed by atoms with Crippen LogP contribution >= 0.6 is 0 Å². The van der Waals surface area contributed by atoms with Gasteiger partial charge < -0.3 is 14.8 Å². The van der Waals surface area contributed by atoms with Crippen molar-refractivity contribution in [3.05, 3.63) is 47.0 Å². The number of benzene rings is 2. The van der Waals surface area contributed by atoms with Gasteiger partial charge in [0.05, 0.1) is 16.7 Å². The lowest BCUT2D eigenvalue weighted by Crippen LogP contribution is -2.27. The van der Waals surface area contributed by atoms with Crippen molar-refractivity contribution in [2.45, 2.75) is 47.0 Å². The van der Waals surface area contributed by atoms with E-state index >= 15 is 0 Å². The van der Waals surface area contributed by atoms with Crippen LogP contribution in [-0.4, -0.2) is 22.6 Å². The molecule has 1 saturated carbocycles. The van der Waals surface area contributed by atoms with Gasteiger partial charge >= 0.3 is 0 Å². The Morgan fingerprint density at radius 3 is 2.50 bits per heavy atom. The summed E-state index contributed by atoms with van der Waals surface area (Å²) in [4.78, 5) is 7.50. The fourth-order valence-corrected chi connectivity index (χ4v) is 4.30. The first-order valence-corrected chi connectivity index (χ1v) is 10.5. The van der Waals surface area contributed by atoms with Gasteiger partial charge in [-0.25, -0.2) is 4.98 Å². The molecule has 1 fully saturated rings. The average Bonchev–Trinajstić information content (AvgIpc) is 3.41. The lowest BCUT2D eigenvalue weighted by Gasteiger charge is -2.25. The molecule has 2 aromatic carbocycles. The molecule has 1 heterocycles. The van der Waals surface area contributed by atoms with Crippen molar-refractivity contribution in [2.75, 3.05) is 23.3 Å². The molecule has 4 rings (SSSR count). The van der Waals surface area contributed by atoms with Gasteiger partial charge in [-0.05, 0) is 69.2 Å². The zero-order chi connectivity index (χ0) is 19.8. The molecule has 0 bridgehead atoms.